The van der Waals surface area contributed by atoms with E-state index in [1.54, 1.807) is 6.92 Å². The summed E-state index contributed by atoms with van der Waals surface area (Å²) in [5, 5.41) is 0. The molecule has 0 saturated carbocycles. The van der Waals surface area contributed by atoms with E-state index in [2.05, 4.69) is 0 Å². The van der Waals surface area contributed by atoms with Crippen LogP contribution in [0.4, 0.5) is 0 Å². The van der Waals surface area contributed by atoms with Crippen molar-refractivity contribution in [1.82, 2.24) is 0 Å². The molecule has 2 nitrogen and oxygen atoms in total. The molecule has 2 rings (SSSR count). The number of ether oxygens (including phenoxy) is 1. The first kappa shape index (κ1) is 13.3. The molecule has 98 valence electrons. The lowest BCUT2D eigenvalue weighted by Crippen LogP contribution is -1.96. The Hall–Kier alpha value is -2.09. The molecule has 0 saturated heterocycles. The van der Waals surface area contributed by atoms with E-state index in [4.69, 9.17) is 4.74 Å². The van der Waals surface area contributed by atoms with Crippen LogP contribution in [-0.2, 0) is 0 Å². The van der Waals surface area contributed by atoms with Crippen molar-refractivity contribution in [2.45, 2.75) is 20.8 Å². The van der Waals surface area contributed by atoms with E-state index in [0.717, 1.165) is 28.0 Å². The molecule has 0 atom stereocenters. The van der Waals surface area contributed by atoms with E-state index in [1.165, 1.54) is 0 Å². The summed E-state index contributed by atoms with van der Waals surface area (Å²) in [4.78, 5) is 11.6. The molecular weight excluding hydrogens is 236 g/mol. The molecule has 0 bridgehead atoms. The third-order valence-corrected chi connectivity index (χ3v) is 3.12. The maximum atomic E-state index is 11.6. The van der Waals surface area contributed by atoms with Crippen molar-refractivity contribution in [2.75, 3.05) is 6.61 Å². The Bertz CT molecular complexity index is 583. The van der Waals surface area contributed by atoms with Crippen molar-refractivity contribution in [1.29, 1.82) is 0 Å². The highest BCUT2D eigenvalue weighted by Crippen LogP contribution is 2.25. The number of hydrogen-bond acceptors (Lipinski definition) is 2. The minimum Gasteiger partial charge on any atom is -0.494 e. The summed E-state index contributed by atoms with van der Waals surface area (Å²) in [7, 11) is 0. The van der Waals surface area contributed by atoms with E-state index < -0.39 is 0 Å². The lowest BCUT2D eigenvalue weighted by Gasteiger charge is -2.08. The quantitative estimate of drug-likeness (QED) is 0.762. The van der Waals surface area contributed by atoms with Gasteiger partial charge in [-0.15, -0.1) is 0 Å². The van der Waals surface area contributed by atoms with Crippen molar-refractivity contribution < 1.29 is 9.53 Å². The van der Waals surface area contributed by atoms with Gasteiger partial charge in [0.05, 0.1) is 6.61 Å². The Balaban J connectivity index is 2.36. The van der Waals surface area contributed by atoms with Gasteiger partial charge in [-0.3, -0.25) is 4.79 Å². The van der Waals surface area contributed by atoms with Crippen LogP contribution < -0.4 is 4.74 Å². The topological polar surface area (TPSA) is 26.3 Å². The molecule has 0 unspecified atom stereocenters. The molecule has 0 N–H and O–H groups in total. The second-order valence-electron chi connectivity index (χ2n) is 4.54. The molecule has 0 heterocycles. The lowest BCUT2D eigenvalue weighted by atomic mass is 9.98. The number of carbonyl (C=O) groups is 1. The van der Waals surface area contributed by atoms with Crippen LogP contribution in [0.5, 0.6) is 5.75 Å². The van der Waals surface area contributed by atoms with E-state index in [0.29, 0.717) is 6.61 Å². The maximum Gasteiger partial charge on any atom is 0.160 e. The number of hydrogen-bond donors (Lipinski definition) is 0. The molecule has 0 aliphatic rings. The molecule has 0 aliphatic carbocycles. The average Bonchev–Trinajstić information content (AvgIpc) is 2.40. The summed E-state index contributed by atoms with van der Waals surface area (Å²) in [6.07, 6.45) is 0. The van der Waals surface area contributed by atoms with Crippen LogP contribution in [0.3, 0.4) is 0 Å². The van der Waals surface area contributed by atoms with E-state index in [1.807, 2.05) is 56.3 Å². The van der Waals surface area contributed by atoms with Crippen molar-refractivity contribution in [3.8, 4) is 16.9 Å². The predicted octanol–water partition coefficient (Wildman–Crippen LogP) is 4.26. The van der Waals surface area contributed by atoms with Crippen molar-refractivity contribution in [2.24, 2.45) is 0 Å². The van der Waals surface area contributed by atoms with Gasteiger partial charge in [-0.05, 0) is 55.7 Å². The monoisotopic (exact) mass is 254 g/mol. The number of carbonyl (C=O) groups excluding carboxylic acids is 1. The minimum atomic E-state index is 0.102. The molecule has 0 spiro atoms. The third-order valence-electron chi connectivity index (χ3n) is 3.12. The van der Waals surface area contributed by atoms with Gasteiger partial charge in [-0.2, -0.15) is 0 Å². The number of benzene rings is 2. The second-order valence-corrected chi connectivity index (χ2v) is 4.54. The van der Waals surface area contributed by atoms with Gasteiger partial charge in [0.25, 0.3) is 0 Å². The molecule has 2 heteroatoms. The van der Waals surface area contributed by atoms with Crippen LogP contribution >= 0.6 is 0 Å². The molecule has 0 radical (unpaired) electrons. The van der Waals surface area contributed by atoms with Gasteiger partial charge in [0.2, 0.25) is 0 Å². The van der Waals surface area contributed by atoms with Crippen LogP contribution in [0, 0.1) is 6.92 Å². The fourth-order valence-electron chi connectivity index (χ4n) is 2.09. The van der Waals surface area contributed by atoms with Crippen LogP contribution in [0.2, 0.25) is 0 Å². The van der Waals surface area contributed by atoms with Crippen molar-refractivity contribution in [3.05, 3.63) is 53.6 Å². The first-order valence-corrected chi connectivity index (χ1v) is 6.46. The molecule has 19 heavy (non-hydrogen) atoms. The summed E-state index contributed by atoms with van der Waals surface area (Å²) < 4.78 is 5.42. The molecular formula is C17H18O2. The number of ketones is 1. The zero-order chi connectivity index (χ0) is 13.8. The molecule has 0 amide bonds. The average molecular weight is 254 g/mol. The third kappa shape index (κ3) is 3.02. The molecule has 2 aromatic carbocycles. The summed E-state index contributed by atoms with van der Waals surface area (Å²) in [6, 6.07) is 13.9. The minimum absolute atomic E-state index is 0.102. The fraction of sp³-hybridized carbons (Fsp3) is 0.235. The summed E-state index contributed by atoms with van der Waals surface area (Å²) in [5.74, 6) is 0.968. The Labute approximate surface area is 114 Å². The van der Waals surface area contributed by atoms with Crippen LogP contribution in [-0.4, -0.2) is 12.4 Å². The van der Waals surface area contributed by atoms with Gasteiger partial charge in [-0.1, -0.05) is 24.3 Å². The van der Waals surface area contributed by atoms with Gasteiger partial charge < -0.3 is 4.74 Å². The molecule has 0 aromatic heterocycles. The van der Waals surface area contributed by atoms with Crippen molar-refractivity contribution >= 4 is 5.78 Å². The molecule has 2 aromatic rings. The predicted molar refractivity (Wildman–Crippen MR) is 77.8 cm³/mol. The maximum absolute atomic E-state index is 11.6. The van der Waals surface area contributed by atoms with Gasteiger partial charge in [0, 0.05) is 5.56 Å². The van der Waals surface area contributed by atoms with Crippen LogP contribution in [0.25, 0.3) is 11.1 Å². The highest BCUT2D eigenvalue weighted by Gasteiger charge is 2.06. The molecule has 0 aliphatic heterocycles. The van der Waals surface area contributed by atoms with Crippen LogP contribution in [0.15, 0.2) is 42.5 Å². The Morgan fingerprint density at radius 1 is 1.05 bits per heavy atom. The Morgan fingerprint density at radius 2 is 1.68 bits per heavy atom. The first-order valence-electron chi connectivity index (χ1n) is 6.46. The highest BCUT2D eigenvalue weighted by molar-refractivity contribution is 5.96. The number of Topliss-reactive ketones (excluding diaryl/α,β-unsaturated/α-hetero) is 1. The number of aryl methyl sites for hydroxylation is 1. The van der Waals surface area contributed by atoms with E-state index in [9.17, 15) is 4.79 Å². The number of rotatable bonds is 4. The van der Waals surface area contributed by atoms with Gasteiger partial charge in [0.15, 0.2) is 5.78 Å². The molecule has 0 fully saturated rings. The van der Waals surface area contributed by atoms with Gasteiger partial charge in [-0.25, -0.2) is 0 Å². The standard InChI is InChI=1S/C17H18O2/c1-4-19-16-9-7-14(8-10-16)15-6-5-12(2)17(11-15)13(3)18/h5-11H,4H2,1-3H3. The highest BCUT2D eigenvalue weighted by atomic mass is 16.5. The smallest absolute Gasteiger partial charge is 0.160 e. The SMILES string of the molecule is CCOc1ccc(-c2ccc(C)c(C(C)=O)c2)cc1. The summed E-state index contributed by atoms with van der Waals surface area (Å²) in [5.41, 5.74) is 3.94. The second kappa shape index (κ2) is 5.70. The summed E-state index contributed by atoms with van der Waals surface area (Å²) in [6.45, 7) is 6.19. The van der Waals surface area contributed by atoms with Gasteiger partial charge in [0.1, 0.15) is 5.75 Å². The van der Waals surface area contributed by atoms with E-state index in [-0.39, 0.29) is 5.78 Å². The lowest BCUT2D eigenvalue weighted by molar-refractivity contribution is 0.101. The first-order chi connectivity index (χ1) is 9.11. The normalized spacial score (nSPS) is 10.3. The van der Waals surface area contributed by atoms with Gasteiger partial charge >= 0.3 is 0 Å². The van der Waals surface area contributed by atoms with E-state index >= 15 is 0 Å². The zero-order valence-corrected chi connectivity index (χ0v) is 11.6. The Morgan fingerprint density at radius 3 is 2.26 bits per heavy atom. The zero-order valence-electron chi connectivity index (χ0n) is 11.6. The van der Waals surface area contributed by atoms with Crippen LogP contribution in [0.1, 0.15) is 29.8 Å². The Kier molecular flexibility index (Phi) is 4.00. The largest absolute Gasteiger partial charge is 0.494 e. The van der Waals surface area contributed by atoms with Crippen molar-refractivity contribution in [3.63, 3.8) is 0 Å². The fourth-order valence-corrected chi connectivity index (χ4v) is 2.09. The summed E-state index contributed by atoms with van der Waals surface area (Å²) >= 11 is 0.